The molecule has 0 unspecified atom stereocenters. The van der Waals surface area contributed by atoms with E-state index >= 15 is 0 Å². The van der Waals surface area contributed by atoms with Crippen molar-refractivity contribution < 1.29 is 13.2 Å². The van der Waals surface area contributed by atoms with E-state index in [0.717, 1.165) is 19.1 Å². The average molecular weight is 252 g/mol. The van der Waals surface area contributed by atoms with Crippen LogP contribution < -0.4 is 9.46 Å². The second kappa shape index (κ2) is 4.26. The van der Waals surface area contributed by atoms with E-state index in [0.29, 0.717) is 17.0 Å². The molecule has 0 heterocycles. The topological polar surface area (TPSA) is 79.2 Å². The Balaban J connectivity index is 2.32. The summed E-state index contributed by atoms with van der Waals surface area (Å²) in [7, 11) is -3.38. The van der Waals surface area contributed by atoms with Crippen LogP contribution in [0.5, 0.6) is 5.75 Å². The first-order valence-electron chi connectivity index (χ1n) is 5.16. The Hall–Kier alpha value is -1.74. The number of nitriles is 1. The van der Waals surface area contributed by atoms with Gasteiger partial charge >= 0.3 is 0 Å². The second-order valence-electron chi connectivity index (χ2n) is 4.01. The van der Waals surface area contributed by atoms with Crippen LogP contribution in [0.25, 0.3) is 0 Å². The summed E-state index contributed by atoms with van der Waals surface area (Å²) in [5.74, 6) is 0.469. The van der Waals surface area contributed by atoms with E-state index in [4.69, 9.17) is 10.00 Å². The molecule has 1 aromatic rings. The number of nitrogens with zero attached hydrogens (tertiary/aromatic N) is 1. The molecule has 0 aromatic heterocycles. The van der Waals surface area contributed by atoms with Crippen molar-refractivity contribution in [1.29, 1.82) is 5.26 Å². The maximum atomic E-state index is 11.2. The molecule has 1 saturated carbocycles. The maximum Gasteiger partial charge on any atom is 0.229 e. The van der Waals surface area contributed by atoms with E-state index in [1.165, 1.54) is 6.07 Å². The zero-order valence-electron chi connectivity index (χ0n) is 9.30. The van der Waals surface area contributed by atoms with Gasteiger partial charge in [-0.2, -0.15) is 5.26 Å². The van der Waals surface area contributed by atoms with Gasteiger partial charge in [0.2, 0.25) is 10.0 Å². The number of ether oxygens (including phenoxy) is 1. The first-order chi connectivity index (χ1) is 7.98. The molecule has 0 bridgehead atoms. The van der Waals surface area contributed by atoms with Crippen molar-refractivity contribution in [3.63, 3.8) is 0 Å². The number of rotatable bonds is 4. The number of nitrogens with one attached hydrogen (secondary N) is 1. The summed E-state index contributed by atoms with van der Waals surface area (Å²) in [5.41, 5.74) is 0.706. The third kappa shape index (κ3) is 3.36. The fourth-order valence-electron chi connectivity index (χ4n) is 1.35. The van der Waals surface area contributed by atoms with Gasteiger partial charge in [-0.05, 0) is 31.0 Å². The van der Waals surface area contributed by atoms with Crippen LogP contribution in [0.2, 0.25) is 0 Å². The molecule has 1 aromatic carbocycles. The predicted molar refractivity (Wildman–Crippen MR) is 63.3 cm³/mol. The van der Waals surface area contributed by atoms with Gasteiger partial charge in [-0.3, -0.25) is 4.72 Å². The van der Waals surface area contributed by atoms with E-state index < -0.39 is 10.0 Å². The summed E-state index contributed by atoms with van der Waals surface area (Å²) < 4.78 is 30.3. The smallest absolute Gasteiger partial charge is 0.229 e. The highest BCUT2D eigenvalue weighted by Crippen LogP contribution is 2.33. The van der Waals surface area contributed by atoms with Crippen LogP contribution in [0.4, 0.5) is 5.69 Å². The molecular weight excluding hydrogens is 240 g/mol. The van der Waals surface area contributed by atoms with Crippen LogP contribution in [-0.4, -0.2) is 20.8 Å². The molecule has 5 nitrogen and oxygen atoms in total. The molecule has 6 heteroatoms. The quantitative estimate of drug-likeness (QED) is 0.880. The number of hydrogen-bond acceptors (Lipinski definition) is 4. The Bertz CT molecular complexity index is 571. The normalized spacial score (nSPS) is 15.1. The highest BCUT2D eigenvalue weighted by Gasteiger charge is 2.25. The van der Waals surface area contributed by atoms with Crippen LogP contribution in [-0.2, 0) is 10.0 Å². The highest BCUT2D eigenvalue weighted by atomic mass is 32.2. The van der Waals surface area contributed by atoms with Gasteiger partial charge in [0.15, 0.2) is 0 Å². The van der Waals surface area contributed by atoms with Gasteiger partial charge in [-0.15, -0.1) is 0 Å². The summed E-state index contributed by atoms with van der Waals surface area (Å²) in [5, 5.41) is 8.78. The van der Waals surface area contributed by atoms with Crippen molar-refractivity contribution in [2.24, 2.45) is 0 Å². The zero-order valence-corrected chi connectivity index (χ0v) is 10.1. The van der Waals surface area contributed by atoms with Crippen molar-refractivity contribution >= 4 is 15.7 Å². The van der Waals surface area contributed by atoms with E-state index in [9.17, 15) is 8.42 Å². The monoisotopic (exact) mass is 252 g/mol. The maximum absolute atomic E-state index is 11.2. The number of benzene rings is 1. The Kier molecular flexibility index (Phi) is 2.94. The van der Waals surface area contributed by atoms with Gasteiger partial charge in [0, 0.05) is 0 Å². The average Bonchev–Trinajstić information content (AvgIpc) is 3.02. The van der Waals surface area contributed by atoms with Gasteiger partial charge in [-0.25, -0.2) is 8.42 Å². The Morgan fingerprint density at radius 1 is 1.47 bits per heavy atom. The van der Waals surface area contributed by atoms with Crippen molar-refractivity contribution in [1.82, 2.24) is 0 Å². The first kappa shape index (κ1) is 11.7. The molecule has 0 spiro atoms. The minimum Gasteiger partial charge on any atom is -0.488 e. The molecule has 1 aliphatic carbocycles. The van der Waals surface area contributed by atoms with Crippen LogP contribution in [0, 0.1) is 11.3 Å². The lowest BCUT2D eigenvalue weighted by atomic mass is 10.2. The Morgan fingerprint density at radius 2 is 2.18 bits per heavy atom. The van der Waals surface area contributed by atoms with Crippen molar-refractivity contribution in [2.75, 3.05) is 11.0 Å². The SMILES string of the molecule is CS(=O)(=O)Nc1cc(C#N)ccc1OC1CC1. The number of hydrogen-bond donors (Lipinski definition) is 1. The molecule has 0 amide bonds. The minimum atomic E-state index is -3.38. The molecule has 0 atom stereocenters. The standard InChI is InChI=1S/C11H12N2O3S/c1-17(14,15)13-10-6-8(7-12)2-5-11(10)16-9-3-4-9/h2,5-6,9,13H,3-4H2,1H3. The summed E-state index contributed by atoms with van der Waals surface area (Å²) >= 11 is 0. The van der Waals surface area contributed by atoms with E-state index in [-0.39, 0.29) is 6.10 Å². The molecule has 1 aliphatic rings. The molecule has 90 valence electrons. The minimum absolute atomic E-state index is 0.169. The van der Waals surface area contributed by atoms with Crippen LogP contribution in [0.1, 0.15) is 18.4 Å². The molecule has 1 fully saturated rings. The number of anilines is 1. The van der Waals surface area contributed by atoms with Gasteiger partial charge in [0.25, 0.3) is 0 Å². The van der Waals surface area contributed by atoms with Crippen molar-refractivity contribution in [3.8, 4) is 11.8 Å². The lowest BCUT2D eigenvalue weighted by Gasteiger charge is -2.11. The molecule has 17 heavy (non-hydrogen) atoms. The molecule has 0 radical (unpaired) electrons. The summed E-state index contributed by atoms with van der Waals surface area (Å²) in [4.78, 5) is 0. The zero-order chi connectivity index (χ0) is 12.5. The van der Waals surface area contributed by atoms with E-state index in [2.05, 4.69) is 4.72 Å². The van der Waals surface area contributed by atoms with Gasteiger partial charge in [0.05, 0.1) is 29.7 Å². The third-order valence-corrected chi connectivity index (χ3v) is 2.81. The fraction of sp³-hybridized carbons (Fsp3) is 0.364. The van der Waals surface area contributed by atoms with Crippen LogP contribution in [0.15, 0.2) is 18.2 Å². The molecule has 0 saturated heterocycles. The van der Waals surface area contributed by atoms with Crippen molar-refractivity contribution in [3.05, 3.63) is 23.8 Å². The largest absolute Gasteiger partial charge is 0.488 e. The predicted octanol–water partition coefficient (Wildman–Crippen LogP) is 1.47. The van der Waals surface area contributed by atoms with Gasteiger partial charge in [-0.1, -0.05) is 0 Å². The lowest BCUT2D eigenvalue weighted by molar-refractivity contribution is 0.305. The second-order valence-corrected chi connectivity index (χ2v) is 5.76. The first-order valence-corrected chi connectivity index (χ1v) is 7.06. The molecule has 2 rings (SSSR count). The molecular formula is C11H12N2O3S. The Labute approximate surface area is 100 Å². The molecule has 1 N–H and O–H groups in total. The van der Waals surface area contributed by atoms with Gasteiger partial charge < -0.3 is 4.74 Å². The van der Waals surface area contributed by atoms with E-state index in [1.807, 2.05) is 6.07 Å². The summed E-state index contributed by atoms with van der Waals surface area (Å²) in [6.45, 7) is 0. The van der Waals surface area contributed by atoms with Gasteiger partial charge in [0.1, 0.15) is 5.75 Å². The van der Waals surface area contributed by atoms with Crippen molar-refractivity contribution in [2.45, 2.75) is 18.9 Å². The Morgan fingerprint density at radius 3 is 2.71 bits per heavy atom. The van der Waals surface area contributed by atoms with Crippen LogP contribution in [0.3, 0.4) is 0 Å². The molecule has 0 aliphatic heterocycles. The van der Waals surface area contributed by atoms with Crippen LogP contribution >= 0.6 is 0 Å². The third-order valence-electron chi connectivity index (χ3n) is 2.22. The number of sulfonamides is 1. The fourth-order valence-corrected chi connectivity index (χ4v) is 1.91. The van der Waals surface area contributed by atoms with E-state index in [1.54, 1.807) is 12.1 Å². The summed E-state index contributed by atoms with van der Waals surface area (Å²) in [6, 6.07) is 6.65. The highest BCUT2D eigenvalue weighted by molar-refractivity contribution is 7.92. The lowest BCUT2D eigenvalue weighted by Crippen LogP contribution is -2.11. The summed E-state index contributed by atoms with van der Waals surface area (Å²) in [6.07, 6.45) is 3.20.